The number of nitrogens with zero attached hydrogens (tertiary/aromatic N) is 1. The van der Waals surface area contributed by atoms with Crippen LogP contribution in [0.5, 0.6) is 0 Å². The van der Waals surface area contributed by atoms with Gasteiger partial charge >= 0.3 is 5.97 Å². The van der Waals surface area contributed by atoms with Crippen LogP contribution in [0.25, 0.3) is 0 Å². The summed E-state index contributed by atoms with van der Waals surface area (Å²) in [6.45, 7) is 5.65. The fourth-order valence-corrected chi connectivity index (χ4v) is 3.14. The topological polar surface area (TPSA) is 40.5 Å². The van der Waals surface area contributed by atoms with Crippen LogP contribution < -0.4 is 4.90 Å². The Kier molecular flexibility index (Phi) is 4.13. The molecule has 2 rings (SSSR count). The Bertz CT molecular complexity index is 450. The summed E-state index contributed by atoms with van der Waals surface area (Å²) in [4.78, 5) is 13.9. The van der Waals surface area contributed by atoms with Gasteiger partial charge in [-0.1, -0.05) is 31.0 Å². The molecular weight excluding hydrogens is 238 g/mol. The van der Waals surface area contributed by atoms with Gasteiger partial charge < -0.3 is 10.0 Å². The van der Waals surface area contributed by atoms with E-state index in [9.17, 15) is 9.90 Å². The van der Waals surface area contributed by atoms with Gasteiger partial charge in [-0.2, -0.15) is 0 Å². The first-order chi connectivity index (χ1) is 9.09. The van der Waals surface area contributed by atoms with Crippen molar-refractivity contribution in [3.63, 3.8) is 0 Å². The quantitative estimate of drug-likeness (QED) is 0.882. The Morgan fingerprint density at radius 3 is 2.47 bits per heavy atom. The highest BCUT2D eigenvalue weighted by Gasteiger charge is 2.42. The molecule has 3 nitrogen and oxygen atoms in total. The Labute approximate surface area is 115 Å². The zero-order valence-electron chi connectivity index (χ0n) is 11.9. The first-order valence-corrected chi connectivity index (χ1v) is 7.13. The third-order valence-corrected chi connectivity index (χ3v) is 4.35. The van der Waals surface area contributed by atoms with Crippen molar-refractivity contribution in [2.24, 2.45) is 5.41 Å². The molecule has 0 unspecified atom stereocenters. The van der Waals surface area contributed by atoms with Crippen LogP contribution >= 0.6 is 0 Å². The molecule has 19 heavy (non-hydrogen) atoms. The van der Waals surface area contributed by atoms with E-state index >= 15 is 0 Å². The first-order valence-electron chi connectivity index (χ1n) is 7.13. The largest absolute Gasteiger partial charge is 0.481 e. The van der Waals surface area contributed by atoms with Gasteiger partial charge in [0, 0.05) is 18.8 Å². The van der Waals surface area contributed by atoms with E-state index in [0.29, 0.717) is 6.54 Å². The van der Waals surface area contributed by atoms with Crippen molar-refractivity contribution in [3.8, 4) is 0 Å². The Morgan fingerprint density at radius 2 is 1.95 bits per heavy atom. The number of benzene rings is 1. The number of anilines is 1. The van der Waals surface area contributed by atoms with Crippen molar-refractivity contribution < 1.29 is 9.90 Å². The Balaban J connectivity index is 2.24. The van der Waals surface area contributed by atoms with E-state index in [1.165, 1.54) is 5.56 Å². The van der Waals surface area contributed by atoms with Crippen LogP contribution in [0.1, 0.15) is 38.2 Å². The molecule has 0 heterocycles. The molecule has 0 aromatic heterocycles. The minimum absolute atomic E-state index is 0.543. The third kappa shape index (κ3) is 2.75. The fourth-order valence-electron chi connectivity index (χ4n) is 3.14. The second-order valence-electron chi connectivity index (χ2n) is 5.59. The van der Waals surface area contributed by atoms with Crippen LogP contribution in [0.2, 0.25) is 0 Å². The molecular formula is C16H23NO2. The lowest BCUT2D eigenvalue weighted by molar-refractivity contribution is -0.148. The molecule has 1 aromatic carbocycles. The van der Waals surface area contributed by atoms with Crippen LogP contribution in [0, 0.1) is 12.3 Å². The highest BCUT2D eigenvalue weighted by molar-refractivity contribution is 5.76. The van der Waals surface area contributed by atoms with Gasteiger partial charge in [0.15, 0.2) is 0 Å². The molecule has 0 bridgehead atoms. The summed E-state index contributed by atoms with van der Waals surface area (Å²) >= 11 is 0. The highest BCUT2D eigenvalue weighted by atomic mass is 16.4. The molecule has 1 fully saturated rings. The Hall–Kier alpha value is -1.51. The summed E-state index contributed by atoms with van der Waals surface area (Å²) in [7, 11) is 0. The molecule has 1 aliphatic carbocycles. The van der Waals surface area contributed by atoms with E-state index < -0.39 is 11.4 Å². The number of carboxylic acid groups (broad SMARTS) is 1. The van der Waals surface area contributed by atoms with E-state index in [1.807, 2.05) is 12.1 Å². The predicted molar refractivity (Wildman–Crippen MR) is 77.6 cm³/mol. The average Bonchev–Trinajstić information content (AvgIpc) is 2.87. The van der Waals surface area contributed by atoms with Crippen molar-refractivity contribution in [3.05, 3.63) is 29.8 Å². The number of para-hydroxylation sites is 1. The maximum Gasteiger partial charge on any atom is 0.311 e. The molecule has 0 spiro atoms. The third-order valence-electron chi connectivity index (χ3n) is 4.35. The fraction of sp³-hybridized carbons (Fsp3) is 0.562. The van der Waals surface area contributed by atoms with Gasteiger partial charge in [0.05, 0.1) is 5.41 Å². The minimum Gasteiger partial charge on any atom is -0.481 e. The molecule has 0 amide bonds. The summed E-state index contributed by atoms with van der Waals surface area (Å²) in [5.41, 5.74) is 1.83. The second-order valence-corrected chi connectivity index (χ2v) is 5.59. The van der Waals surface area contributed by atoms with Gasteiger partial charge in [0.2, 0.25) is 0 Å². The summed E-state index contributed by atoms with van der Waals surface area (Å²) in [6, 6.07) is 8.21. The van der Waals surface area contributed by atoms with Crippen molar-refractivity contribution >= 4 is 11.7 Å². The molecule has 0 aliphatic heterocycles. The number of hydrogen-bond donors (Lipinski definition) is 1. The van der Waals surface area contributed by atoms with Gasteiger partial charge in [-0.25, -0.2) is 0 Å². The van der Waals surface area contributed by atoms with E-state index in [-0.39, 0.29) is 0 Å². The monoisotopic (exact) mass is 261 g/mol. The van der Waals surface area contributed by atoms with Gasteiger partial charge in [-0.05, 0) is 38.3 Å². The zero-order chi connectivity index (χ0) is 13.9. The van der Waals surface area contributed by atoms with E-state index in [2.05, 4.69) is 30.9 Å². The summed E-state index contributed by atoms with van der Waals surface area (Å²) < 4.78 is 0. The molecule has 1 aromatic rings. The SMILES string of the molecule is CCN(CC1(C(=O)O)CCCC1)c1ccccc1C. The van der Waals surface area contributed by atoms with Crippen LogP contribution in [-0.2, 0) is 4.79 Å². The number of rotatable bonds is 5. The molecule has 1 aliphatic rings. The van der Waals surface area contributed by atoms with Gasteiger partial charge in [-0.3, -0.25) is 4.79 Å². The van der Waals surface area contributed by atoms with E-state index in [0.717, 1.165) is 37.9 Å². The first kappa shape index (κ1) is 13.9. The number of hydrogen-bond acceptors (Lipinski definition) is 2. The van der Waals surface area contributed by atoms with Crippen molar-refractivity contribution in [2.45, 2.75) is 39.5 Å². The minimum atomic E-state index is -0.628. The van der Waals surface area contributed by atoms with Crippen molar-refractivity contribution in [1.29, 1.82) is 0 Å². The standard InChI is InChI=1S/C16H23NO2/c1-3-17(14-9-5-4-8-13(14)2)12-16(15(18)19)10-6-7-11-16/h4-5,8-9H,3,6-7,10-12H2,1-2H3,(H,18,19). The van der Waals surface area contributed by atoms with Crippen molar-refractivity contribution in [1.82, 2.24) is 0 Å². The van der Waals surface area contributed by atoms with E-state index in [4.69, 9.17) is 0 Å². The number of aryl methyl sites for hydroxylation is 1. The van der Waals surface area contributed by atoms with Crippen LogP contribution in [-0.4, -0.2) is 24.2 Å². The molecule has 0 saturated heterocycles. The molecule has 1 saturated carbocycles. The van der Waals surface area contributed by atoms with Crippen LogP contribution in [0.15, 0.2) is 24.3 Å². The normalized spacial score (nSPS) is 17.4. The molecule has 3 heteroatoms. The second kappa shape index (κ2) is 5.64. The average molecular weight is 261 g/mol. The zero-order valence-corrected chi connectivity index (χ0v) is 11.9. The highest BCUT2D eigenvalue weighted by Crippen LogP contribution is 2.40. The van der Waals surface area contributed by atoms with Crippen LogP contribution in [0.4, 0.5) is 5.69 Å². The number of carbonyl (C=O) groups is 1. The lowest BCUT2D eigenvalue weighted by Crippen LogP contribution is -2.41. The molecule has 0 atom stereocenters. The Morgan fingerprint density at radius 1 is 1.32 bits per heavy atom. The smallest absolute Gasteiger partial charge is 0.311 e. The summed E-state index contributed by atoms with van der Waals surface area (Å²) in [6.07, 6.45) is 3.70. The van der Waals surface area contributed by atoms with Gasteiger partial charge in [-0.15, -0.1) is 0 Å². The van der Waals surface area contributed by atoms with Gasteiger partial charge in [0.25, 0.3) is 0 Å². The van der Waals surface area contributed by atoms with Crippen LogP contribution in [0.3, 0.4) is 0 Å². The molecule has 1 N–H and O–H groups in total. The maximum atomic E-state index is 11.7. The lowest BCUT2D eigenvalue weighted by Gasteiger charge is -2.33. The summed E-state index contributed by atoms with van der Waals surface area (Å²) in [5, 5.41) is 9.60. The van der Waals surface area contributed by atoms with Gasteiger partial charge in [0.1, 0.15) is 0 Å². The predicted octanol–water partition coefficient (Wildman–Crippen LogP) is 3.47. The summed E-state index contributed by atoms with van der Waals surface area (Å²) in [5.74, 6) is -0.628. The number of carboxylic acids is 1. The van der Waals surface area contributed by atoms with E-state index in [1.54, 1.807) is 0 Å². The molecule has 104 valence electrons. The lowest BCUT2D eigenvalue weighted by atomic mass is 9.85. The maximum absolute atomic E-state index is 11.7. The van der Waals surface area contributed by atoms with Crippen molar-refractivity contribution in [2.75, 3.05) is 18.0 Å². The molecule has 0 radical (unpaired) electrons. The number of aliphatic carboxylic acids is 1.